The Labute approximate surface area is 160 Å². The third-order valence-electron chi connectivity index (χ3n) is 3.93. The highest BCUT2D eigenvalue weighted by atomic mass is 127. The fourth-order valence-electron chi connectivity index (χ4n) is 2.49. The average molecular weight is 448 g/mol. The molecule has 0 heterocycles. The van der Waals surface area contributed by atoms with Crippen LogP contribution in [0.3, 0.4) is 0 Å². The predicted octanol–water partition coefficient (Wildman–Crippen LogP) is 2.51. The molecule has 0 saturated heterocycles. The second kappa shape index (κ2) is 10.5. The second-order valence-electron chi connectivity index (χ2n) is 6.06. The second-order valence-corrected chi connectivity index (χ2v) is 6.06. The maximum absolute atomic E-state index is 12.9. The summed E-state index contributed by atoms with van der Waals surface area (Å²) in [6, 6.07) is 6.70. The van der Waals surface area contributed by atoms with Gasteiger partial charge in [-0.25, -0.2) is 9.38 Å². The predicted molar refractivity (Wildman–Crippen MR) is 105 cm³/mol. The van der Waals surface area contributed by atoms with Gasteiger partial charge in [0.25, 0.3) is 0 Å². The molecule has 0 aromatic heterocycles. The van der Waals surface area contributed by atoms with Gasteiger partial charge in [0.15, 0.2) is 5.96 Å². The lowest BCUT2D eigenvalue weighted by molar-refractivity contribution is -0.127. The summed E-state index contributed by atoms with van der Waals surface area (Å²) in [6.07, 6.45) is 4.69. The van der Waals surface area contributed by atoms with Crippen molar-refractivity contribution in [1.29, 1.82) is 0 Å². The Bertz CT molecular complexity index is 542. The van der Waals surface area contributed by atoms with Crippen LogP contribution in [-0.2, 0) is 11.3 Å². The number of carbonyl (C=O) groups is 1. The summed E-state index contributed by atoms with van der Waals surface area (Å²) in [4.78, 5) is 17.8. The van der Waals surface area contributed by atoms with E-state index in [2.05, 4.69) is 15.6 Å². The smallest absolute Gasteiger partial charge is 0.241 e. The van der Waals surface area contributed by atoms with Crippen LogP contribution in [0.5, 0.6) is 0 Å². The number of likely N-dealkylation sites (N-methyl/N-ethyl adjacent to an activating group) is 1. The first kappa shape index (κ1) is 20.7. The molecule has 1 amide bonds. The van der Waals surface area contributed by atoms with Crippen molar-refractivity contribution < 1.29 is 9.18 Å². The maximum Gasteiger partial charge on any atom is 0.241 e. The molecule has 0 bridgehead atoms. The molecule has 5 nitrogen and oxygen atoms in total. The lowest BCUT2D eigenvalue weighted by Gasteiger charge is -2.18. The molecule has 2 N–H and O–H groups in total. The zero-order chi connectivity index (χ0) is 16.7. The SMILES string of the molecule is CN(C)C(=O)CNC(=NCc1ccc(F)cc1)NC1CCCC1.I. The van der Waals surface area contributed by atoms with E-state index in [9.17, 15) is 9.18 Å². The van der Waals surface area contributed by atoms with Gasteiger partial charge in [0.2, 0.25) is 5.91 Å². The van der Waals surface area contributed by atoms with Crippen LogP contribution in [0.2, 0.25) is 0 Å². The average Bonchev–Trinajstić information content (AvgIpc) is 3.04. The van der Waals surface area contributed by atoms with Crippen LogP contribution >= 0.6 is 24.0 Å². The molecular formula is C17H26FIN4O. The van der Waals surface area contributed by atoms with Crippen LogP contribution in [0.1, 0.15) is 31.2 Å². The molecule has 0 spiro atoms. The van der Waals surface area contributed by atoms with E-state index < -0.39 is 0 Å². The minimum atomic E-state index is -0.253. The van der Waals surface area contributed by atoms with Gasteiger partial charge in [-0.2, -0.15) is 0 Å². The topological polar surface area (TPSA) is 56.7 Å². The third-order valence-corrected chi connectivity index (χ3v) is 3.93. The monoisotopic (exact) mass is 448 g/mol. The standard InChI is InChI=1S/C17H25FN4O.HI/c1-22(2)16(23)12-20-17(21-15-5-3-4-6-15)19-11-13-7-9-14(18)10-8-13;/h7-10,15H,3-6,11-12H2,1-2H3,(H2,19,20,21);1H. The minimum absolute atomic E-state index is 0. The van der Waals surface area contributed by atoms with Gasteiger partial charge in [-0.15, -0.1) is 24.0 Å². The Balaban J connectivity index is 0.00000288. The van der Waals surface area contributed by atoms with E-state index in [1.165, 1.54) is 25.0 Å². The molecule has 7 heteroatoms. The number of benzene rings is 1. The Morgan fingerprint density at radius 1 is 1.25 bits per heavy atom. The van der Waals surface area contributed by atoms with E-state index in [0.717, 1.165) is 18.4 Å². The fraction of sp³-hybridized carbons (Fsp3) is 0.529. The quantitative estimate of drug-likeness (QED) is 0.414. The molecule has 134 valence electrons. The largest absolute Gasteiger partial charge is 0.354 e. The molecule has 1 aliphatic carbocycles. The van der Waals surface area contributed by atoms with E-state index >= 15 is 0 Å². The van der Waals surface area contributed by atoms with Crippen LogP contribution in [0.4, 0.5) is 4.39 Å². The van der Waals surface area contributed by atoms with Crippen molar-refractivity contribution in [2.45, 2.75) is 38.3 Å². The normalized spacial score (nSPS) is 14.9. The Morgan fingerprint density at radius 3 is 2.46 bits per heavy atom. The van der Waals surface area contributed by atoms with Gasteiger partial charge in [0.05, 0.1) is 13.1 Å². The first-order valence-corrected chi connectivity index (χ1v) is 8.04. The van der Waals surface area contributed by atoms with E-state index in [1.807, 2.05) is 0 Å². The Kier molecular flexibility index (Phi) is 9.02. The van der Waals surface area contributed by atoms with Crippen molar-refractivity contribution in [2.24, 2.45) is 4.99 Å². The van der Waals surface area contributed by atoms with Gasteiger partial charge in [0.1, 0.15) is 5.82 Å². The molecule has 1 fully saturated rings. The van der Waals surface area contributed by atoms with Crippen LogP contribution < -0.4 is 10.6 Å². The van der Waals surface area contributed by atoms with Crippen molar-refractivity contribution >= 4 is 35.8 Å². The number of nitrogens with zero attached hydrogens (tertiary/aromatic N) is 2. The Morgan fingerprint density at radius 2 is 1.88 bits per heavy atom. The molecule has 0 aliphatic heterocycles. The highest BCUT2D eigenvalue weighted by Gasteiger charge is 2.16. The molecule has 0 atom stereocenters. The number of amides is 1. The van der Waals surface area contributed by atoms with Gasteiger partial charge in [-0.05, 0) is 30.5 Å². The van der Waals surface area contributed by atoms with E-state index in [4.69, 9.17) is 0 Å². The lowest BCUT2D eigenvalue weighted by Crippen LogP contribution is -2.46. The third kappa shape index (κ3) is 7.02. The lowest BCUT2D eigenvalue weighted by atomic mass is 10.2. The number of guanidine groups is 1. The molecule has 24 heavy (non-hydrogen) atoms. The zero-order valence-corrected chi connectivity index (χ0v) is 16.5. The first-order chi connectivity index (χ1) is 11.0. The molecule has 0 radical (unpaired) electrons. The summed E-state index contributed by atoms with van der Waals surface area (Å²) in [5, 5.41) is 6.47. The van der Waals surface area contributed by atoms with Crippen molar-refractivity contribution in [1.82, 2.24) is 15.5 Å². The van der Waals surface area contributed by atoms with Gasteiger partial charge in [-0.3, -0.25) is 4.79 Å². The molecule has 1 aromatic rings. The van der Waals surface area contributed by atoms with Crippen LogP contribution in [0.25, 0.3) is 0 Å². The fourth-order valence-corrected chi connectivity index (χ4v) is 2.49. The van der Waals surface area contributed by atoms with Crippen molar-refractivity contribution in [3.05, 3.63) is 35.6 Å². The van der Waals surface area contributed by atoms with Gasteiger partial charge >= 0.3 is 0 Å². The molecule has 1 saturated carbocycles. The van der Waals surface area contributed by atoms with Crippen LogP contribution in [0, 0.1) is 5.82 Å². The summed E-state index contributed by atoms with van der Waals surface area (Å²) >= 11 is 0. The maximum atomic E-state index is 12.9. The van der Waals surface area contributed by atoms with Crippen LogP contribution in [-0.4, -0.2) is 43.4 Å². The number of rotatable bonds is 5. The summed E-state index contributed by atoms with van der Waals surface area (Å²) in [5.41, 5.74) is 0.929. The number of carbonyl (C=O) groups excluding carboxylic acids is 1. The minimum Gasteiger partial charge on any atom is -0.354 e. The summed E-state index contributed by atoms with van der Waals surface area (Å²) in [5.74, 6) is 0.376. The summed E-state index contributed by atoms with van der Waals surface area (Å²) in [6.45, 7) is 0.646. The summed E-state index contributed by atoms with van der Waals surface area (Å²) in [7, 11) is 3.45. The highest BCUT2D eigenvalue weighted by Crippen LogP contribution is 2.17. The number of hydrogen-bond acceptors (Lipinski definition) is 2. The molecule has 0 unspecified atom stereocenters. The van der Waals surface area contributed by atoms with Gasteiger partial charge in [-0.1, -0.05) is 25.0 Å². The molecule has 1 aromatic carbocycles. The van der Waals surface area contributed by atoms with Crippen molar-refractivity contribution in [3.8, 4) is 0 Å². The van der Waals surface area contributed by atoms with Gasteiger partial charge in [0, 0.05) is 20.1 Å². The summed E-state index contributed by atoms with van der Waals surface area (Å²) < 4.78 is 12.9. The van der Waals surface area contributed by atoms with Crippen molar-refractivity contribution in [3.63, 3.8) is 0 Å². The Hall–Kier alpha value is -1.38. The van der Waals surface area contributed by atoms with Gasteiger partial charge < -0.3 is 15.5 Å². The van der Waals surface area contributed by atoms with E-state index in [0.29, 0.717) is 18.5 Å². The first-order valence-electron chi connectivity index (χ1n) is 8.04. The van der Waals surface area contributed by atoms with E-state index in [1.54, 1.807) is 31.1 Å². The van der Waals surface area contributed by atoms with Crippen molar-refractivity contribution in [2.75, 3.05) is 20.6 Å². The molecule has 1 aliphatic rings. The number of hydrogen-bond donors (Lipinski definition) is 2. The van der Waals surface area contributed by atoms with Crippen LogP contribution in [0.15, 0.2) is 29.3 Å². The molecular weight excluding hydrogens is 422 g/mol. The number of nitrogens with one attached hydrogen (secondary N) is 2. The number of halogens is 2. The van der Waals surface area contributed by atoms with E-state index in [-0.39, 0.29) is 42.2 Å². The number of aliphatic imine (C=N–C) groups is 1. The zero-order valence-electron chi connectivity index (χ0n) is 14.2. The molecule has 2 rings (SSSR count). The highest BCUT2D eigenvalue weighted by molar-refractivity contribution is 14.0.